The largest absolute Gasteiger partial charge is 0.305 e. The zero-order valence-electron chi connectivity index (χ0n) is 18.0. The Morgan fingerprint density at radius 3 is 2.16 bits per heavy atom. The quantitative estimate of drug-likeness (QED) is 0.460. The van der Waals surface area contributed by atoms with E-state index in [1.165, 1.54) is 5.56 Å². The Bertz CT molecular complexity index is 884. The van der Waals surface area contributed by atoms with E-state index in [2.05, 4.69) is 40.1 Å². The summed E-state index contributed by atoms with van der Waals surface area (Å²) < 4.78 is 0. The summed E-state index contributed by atoms with van der Waals surface area (Å²) in [6.45, 7) is 9.02. The first-order valence-corrected chi connectivity index (χ1v) is 10.6. The van der Waals surface area contributed by atoms with Gasteiger partial charge in [-0.1, -0.05) is 42.0 Å². The second-order valence-corrected chi connectivity index (χ2v) is 8.12. The number of carbonyl (C=O) groups is 2. The number of rotatable bonds is 7. The first-order chi connectivity index (χ1) is 14.1. The molecule has 0 bridgehead atoms. The fourth-order valence-corrected chi connectivity index (χ4v) is 4.25. The summed E-state index contributed by atoms with van der Waals surface area (Å²) in [5, 5.41) is 0. The molecule has 0 N–H and O–H groups in total. The maximum Gasteiger partial charge on any atom is 0.299 e. The molecule has 2 aliphatic rings. The Kier molecular flexibility index (Phi) is 9.51. The van der Waals surface area contributed by atoms with Gasteiger partial charge >= 0.3 is 0 Å². The number of anilines is 1. The number of hydrogen-bond donors (Lipinski definition) is 0. The molecule has 4 rings (SSSR count). The van der Waals surface area contributed by atoms with Crippen LogP contribution in [0.4, 0.5) is 5.69 Å². The number of halogens is 2. The Labute approximate surface area is 197 Å². The van der Waals surface area contributed by atoms with Gasteiger partial charge in [0.05, 0.1) is 11.3 Å². The predicted molar refractivity (Wildman–Crippen MR) is 130 cm³/mol. The molecule has 1 saturated heterocycles. The third-order valence-electron chi connectivity index (χ3n) is 5.95. The Balaban J connectivity index is 0.00000171. The number of fused-ring (bicyclic) bond motifs is 1. The monoisotopic (exact) mass is 463 g/mol. The molecule has 0 radical (unpaired) electrons. The van der Waals surface area contributed by atoms with Crippen molar-refractivity contribution in [2.24, 2.45) is 0 Å². The van der Waals surface area contributed by atoms with Crippen molar-refractivity contribution in [2.75, 3.05) is 44.2 Å². The number of amides is 1. The zero-order valence-corrected chi connectivity index (χ0v) is 19.6. The van der Waals surface area contributed by atoms with Crippen LogP contribution in [-0.2, 0) is 11.3 Å². The molecule has 0 unspecified atom stereocenters. The molecule has 168 valence electrons. The van der Waals surface area contributed by atoms with Gasteiger partial charge in [0.25, 0.3) is 11.7 Å². The molecule has 0 spiro atoms. The first-order valence-electron chi connectivity index (χ1n) is 10.6. The average molecular weight is 464 g/mol. The minimum absolute atomic E-state index is 0. The lowest BCUT2D eigenvalue weighted by molar-refractivity contribution is -0.114. The van der Waals surface area contributed by atoms with Crippen molar-refractivity contribution in [1.29, 1.82) is 0 Å². The number of unbranched alkanes of at least 4 members (excludes halogenated alkanes) is 1. The summed E-state index contributed by atoms with van der Waals surface area (Å²) in [6, 6.07) is 16.3. The topological polar surface area (TPSA) is 43.9 Å². The van der Waals surface area contributed by atoms with Crippen LogP contribution in [0.25, 0.3) is 0 Å². The van der Waals surface area contributed by atoms with Crippen LogP contribution < -0.4 is 4.90 Å². The zero-order chi connectivity index (χ0) is 20.2. The van der Waals surface area contributed by atoms with Gasteiger partial charge in [0.15, 0.2) is 0 Å². The van der Waals surface area contributed by atoms with Crippen molar-refractivity contribution in [3.8, 4) is 0 Å². The van der Waals surface area contributed by atoms with Gasteiger partial charge in [-0.25, -0.2) is 0 Å². The van der Waals surface area contributed by atoms with Gasteiger partial charge in [0, 0.05) is 39.3 Å². The molecule has 7 heteroatoms. The lowest BCUT2D eigenvalue weighted by atomic mass is 10.1. The Hall–Kier alpha value is -1.92. The summed E-state index contributed by atoms with van der Waals surface area (Å²) in [4.78, 5) is 31.2. The Morgan fingerprint density at radius 2 is 1.45 bits per heavy atom. The molecular weight excluding hydrogens is 433 g/mol. The van der Waals surface area contributed by atoms with E-state index in [1.54, 1.807) is 4.90 Å². The van der Waals surface area contributed by atoms with Crippen molar-refractivity contribution in [3.05, 3.63) is 65.2 Å². The van der Waals surface area contributed by atoms with Crippen LogP contribution >= 0.6 is 24.8 Å². The Morgan fingerprint density at radius 1 is 0.806 bits per heavy atom. The van der Waals surface area contributed by atoms with Crippen molar-refractivity contribution in [2.45, 2.75) is 26.3 Å². The minimum atomic E-state index is -0.375. The van der Waals surface area contributed by atoms with Gasteiger partial charge in [0.1, 0.15) is 0 Å². The second-order valence-electron chi connectivity index (χ2n) is 8.12. The maximum absolute atomic E-state index is 12.3. The van der Waals surface area contributed by atoms with E-state index in [4.69, 9.17) is 0 Å². The maximum atomic E-state index is 12.3. The minimum Gasteiger partial charge on any atom is -0.305 e. The summed E-state index contributed by atoms with van der Waals surface area (Å²) in [5.74, 6) is -0.738. The van der Waals surface area contributed by atoms with E-state index >= 15 is 0 Å². The van der Waals surface area contributed by atoms with Crippen LogP contribution in [0.2, 0.25) is 0 Å². The van der Waals surface area contributed by atoms with Crippen LogP contribution in [0.15, 0.2) is 48.5 Å². The van der Waals surface area contributed by atoms with Crippen molar-refractivity contribution in [1.82, 2.24) is 9.80 Å². The van der Waals surface area contributed by atoms with E-state index in [0.29, 0.717) is 12.1 Å². The first kappa shape index (κ1) is 25.3. The van der Waals surface area contributed by atoms with Gasteiger partial charge < -0.3 is 9.80 Å². The molecule has 2 aliphatic heterocycles. The molecule has 2 heterocycles. The summed E-state index contributed by atoms with van der Waals surface area (Å²) in [5.41, 5.74) is 3.73. The van der Waals surface area contributed by atoms with Crippen LogP contribution in [0.1, 0.15) is 34.3 Å². The molecule has 2 aromatic carbocycles. The van der Waals surface area contributed by atoms with E-state index in [1.807, 2.05) is 25.1 Å². The number of piperazine rings is 1. The summed E-state index contributed by atoms with van der Waals surface area (Å²) >= 11 is 0. The molecule has 5 nitrogen and oxygen atoms in total. The van der Waals surface area contributed by atoms with E-state index in [-0.39, 0.29) is 36.5 Å². The highest BCUT2D eigenvalue weighted by atomic mass is 35.5. The highest BCUT2D eigenvalue weighted by Crippen LogP contribution is 2.29. The molecule has 0 saturated carbocycles. The smallest absolute Gasteiger partial charge is 0.299 e. The normalized spacial score (nSPS) is 16.6. The van der Waals surface area contributed by atoms with Crippen LogP contribution in [0.3, 0.4) is 0 Å². The van der Waals surface area contributed by atoms with Crippen molar-refractivity contribution < 1.29 is 9.59 Å². The number of hydrogen-bond acceptors (Lipinski definition) is 4. The van der Waals surface area contributed by atoms with Gasteiger partial charge in [-0.15, -0.1) is 24.8 Å². The number of ketones is 1. The molecule has 0 atom stereocenters. The average Bonchev–Trinajstić information content (AvgIpc) is 2.97. The summed E-state index contributed by atoms with van der Waals surface area (Å²) in [6.07, 6.45) is 1.95. The standard InChI is InChI=1S/C24H29N3O2.2ClH/c1-19-9-10-22-21(17-19)23(28)24(29)27(22)12-6-5-11-25-13-15-26(16-14-25)18-20-7-3-2-4-8-20;;/h2-4,7-10,17H,5-6,11-16,18H2,1H3;2*1H. The third-order valence-corrected chi connectivity index (χ3v) is 5.95. The molecule has 0 aromatic heterocycles. The number of aryl methyl sites for hydroxylation is 1. The van der Waals surface area contributed by atoms with Crippen LogP contribution in [-0.4, -0.2) is 60.8 Å². The third kappa shape index (κ3) is 6.07. The summed E-state index contributed by atoms with van der Waals surface area (Å²) in [7, 11) is 0. The lowest BCUT2D eigenvalue weighted by Crippen LogP contribution is -2.46. The number of Topliss-reactive ketones (excluding diaryl/α,β-unsaturated/α-hetero) is 1. The van der Waals surface area contributed by atoms with Crippen molar-refractivity contribution in [3.63, 3.8) is 0 Å². The molecule has 0 aliphatic carbocycles. The predicted octanol–water partition coefficient (Wildman–Crippen LogP) is 3.97. The van der Waals surface area contributed by atoms with Gasteiger partial charge in [0.2, 0.25) is 0 Å². The van der Waals surface area contributed by atoms with Crippen LogP contribution in [0.5, 0.6) is 0 Å². The van der Waals surface area contributed by atoms with E-state index < -0.39 is 0 Å². The molecule has 1 amide bonds. The van der Waals surface area contributed by atoms with E-state index in [0.717, 1.165) is 63.4 Å². The number of carbonyl (C=O) groups excluding carboxylic acids is 2. The number of nitrogens with zero attached hydrogens (tertiary/aromatic N) is 3. The SMILES string of the molecule is Cc1ccc2c(c1)C(=O)C(=O)N2CCCCN1CCN(Cc2ccccc2)CC1.Cl.Cl. The molecule has 31 heavy (non-hydrogen) atoms. The second kappa shape index (κ2) is 11.6. The molecule has 2 aromatic rings. The fraction of sp³-hybridized carbons (Fsp3) is 0.417. The van der Waals surface area contributed by atoms with Gasteiger partial charge in [-0.3, -0.25) is 14.5 Å². The molecular formula is C24H31Cl2N3O2. The molecule has 1 fully saturated rings. The van der Waals surface area contributed by atoms with Crippen molar-refractivity contribution >= 4 is 42.2 Å². The fourth-order valence-electron chi connectivity index (χ4n) is 4.25. The highest BCUT2D eigenvalue weighted by Gasteiger charge is 2.35. The van der Waals surface area contributed by atoms with Crippen LogP contribution in [0, 0.1) is 6.92 Å². The van der Waals surface area contributed by atoms with Gasteiger partial charge in [-0.05, 0) is 44.0 Å². The van der Waals surface area contributed by atoms with Gasteiger partial charge in [-0.2, -0.15) is 0 Å². The number of benzene rings is 2. The lowest BCUT2D eigenvalue weighted by Gasteiger charge is -2.34. The van der Waals surface area contributed by atoms with E-state index in [9.17, 15) is 9.59 Å². The highest BCUT2D eigenvalue weighted by molar-refractivity contribution is 6.52.